The number of benzene rings is 2. The Morgan fingerprint density at radius 3 is 2.05 bits per heavy atom. The van der Waals surface area contributed by atoms with Crippen molar-refractivity contribution in [1.29, 1.82) is 0 Å². The third-order valence-electron chi connectivity index (χ3n) is 3.38. The van der Waals surface area contributed by atoms with Crippen LogP contribution >= 0.6 is 11.6 Å². The van der Waals surface area contributed by atoms with Crippen LogP contribution < -0.4 is 0 Å². The summed E-state index contributed by atoms with van der Waals surface area (Å²) in [7, 11) is 0. The molecule has 0 nitrogen and oxygen atoms in total. The molecule has 112 valence electrons. The van der Waals surface area contributed by atoms with Crippen molar-refractivity contribution >= 4 is 11.6 Å². The highest BCUT2D eigenvalue weighted by atomic mass is 35.5. The maximum absolute atomic E-state index is 13.2. The molecule has 2 aromatic rings. The summed E-state index contributed by atoms with van der Waals surface area (Å²) in [6.07, 6.45) is 1.51. The Bertz CT molecular complexity index is 591. The molecule has 0 heterocycles. The van der Waals surface area contributed by atoms with Gasteiger partial charge in [0.1, 0.15) is 0 Å². The quantitative estimate of drug-likeness (QED) is 0.623. The van der Waals surface area contributed by atoms with Crippen LogP contribution in [-0.2, 0) is 12.8 Å². The minimum Gasteiger partial charge on any atom is -0.204 e. The van der Waals surface area contributed by atoms with Crippen LogP contribution in [0, 0.1) is 17.6 Å². The predicted molar refractivity (Wildman–Crippen MR) is 83.6 cm³/mol. The van der Waals surface area contributed by atoms with Gasteiger partial charge in [-0.3, -0.25) is 0 Å². The fourth-order valence-corrected chi connectivity index (χ4v) is 2.65. The van der Waals surface area contributed by atoms with E-state index in [0.29, 0.717) is 17.9 Å². The lowest BCUT2D eigenvalue weighted by Crippen LogP contribution is -1.99. The summed E-state index contributed by atoms with van der Waals surface area (Å²) in [5.74, 6) is -1.05. The normalized spacial score (nSPS) is 12.7. The van der Waals surface area contributed by atoms with E-state index >= 15 is 0 Å². The average molecular weight is 309 g/mol. The first-order chi connectivity index (χ1) is 9.95. The predicted octanol–water partition coefficient (Wildman–Crippen LogP) is 5.69. The largest absolute Gasteiger partial charge is 0.204 e. The highest BCUT2D eigenvalue weighted by Gasteiger charge is 2.11. The number of halogens is 3. The minimum atomic E-state index is -0.831. The molecular weight excluding hydrogens is 290 g/mol. The van der Waals surface area contributed by atoms with Crippen molar-refractivity contribution in [3.05, 3.63) is 70.8 Å². The zero-order chi connectivity index (χ0) is 15.4. The number of alkyl halides is 1. The van der Waals surface area contributed by atoms with Gasteiger partial charge in [0, 0.05) is 0 Å². The first kappa shape index (κ1) is 16.0. The highest BCUT2D eigenvalue weighted by Crippen LogP contribution is 2.26. The van der Waals surface area contributed by atoms with Crippen molar-refractivity contribution in [3.63, 3.8) is 0 Å². The second kappa shape index (κ2) is 7.04. The molecule has 2 rings (SSSR count). The summed E-state index contributed by atoms with van der Waals surface area (Å²) in [6.45, 7) is 4.36. The SMILES string of the molecule is CC(C)Cc1ccc(C(Cl)Cc2ccc(F)c(F)c2)cc1. The van der Waals surface area contributed by atoms with E-state index < -0.39 is 11.6 Å². The number of hydrogen-bond donors (Lipinski definition) is 0. The first-order valence-electron chi connectivity index (χ1n) is 7.12. The van der Waals surface area contributed by atoms with E-state index in [9.17, 15) is 8.78 Å². The molecule has 0 spiro atoms. The minimum absolute atomic E-state index is 0.247. The Kier molecular flexibility index (Phi) is 5.35. The molecule has 0 aromatic heterocycles. The van der Waals surface area contributed by atoms with Gasteiger partial charge in [-0.25, -0.2) is 8.78 Å². The molecule has 0 aliphatic carbocycles. The summed E-state index contributed by atoms with van der Waals surface area (Å²) in [5.41, 5.74) is 2.97. The fraction of sp³-hybridized carbons (Fsp3) is 0.333. The van der Waals surface area contributed by atoms with Crippen LogP contribution in [0.5, 0.6) is 0 Å². The summed E-state index contributed by atoms with van der Waals surface area (Å²) in [4.78, 5) is 0. The van der Waals surface area contributed by atoms with Crippen molar-refractivity contribution in [3.8, 4) is 0 Å². The second-order valence-electron chi connectivity index (χ2n) is 5.76. The third kappa shape index (κ3) is 4.53. The van der Waals surface area contributed by atoms with Gasteiger partial charge in [-0.2, -0.15) is 0 Å². The Balaban J connectivity index is 2.05. The van der Waals surface area contributed by atoms with Gasteiger partial charge in [-0.1, -0.05) is 44.2 Å². The topological polar surface area (TPSA) is 0 Å². The Hall–Kier alpha value is -1.41. The fourth-order valence-electron chi connectivity index (χ4n) is 2.33. The lowest BCUT2D eigenvalue weighted by atomic mass is 9.99. The van der Waals surface area contributed by atoms with E-state index in [-0.39, 0.29) is 5.38 Å². The Morgan fingerprint density at radius 2 is 1.48 bits per heavy atom. The second-order valence-corrected chi connectivity index (χ2v) is 6.29. The molecule has 21 heavy (non-hydrogen) atoms. The van der Waals surface area contributed by atoms with Gasteiger partial charge >= 0.3 is 0 Å². The van der Waals surface area contributed by atoms with E-state index in [4.69, 9.17) is 11.6 Å². The van der Waals surface area contributed by atoms with Crippen molar-refractivity contribution in [1.82, 2.24) is 0 Å². The van der Waals surface area contributed by atoms with E-state index in [2.05, 4.69) is 26.0 Å². The summed E-state index contributed by atoms with van der Waals surface area (Å²) in [6, 6.07) is 12.1. The number of rotatable bonds is 5. The van der Waals surface area contributed by atoms with Crippen LogP contribution in [0.25, 0.3) is 0 Å². The molecule has 2 aromatic carbocycles. The van der Waals surface area contributed by atoms with Crippen LogP contribution in [0.15, 0.2) is 42.5 Å². The molecule has 0 radical (unpaired) electrons. The van der Waals surface area contributed by atoms with Crippen LogP contribution in [-0.4, -0.2) is 0 Å². The standard InChI is InChI=1S/C18H19ClF2/c1-12(2)9-13-3-6-15(7-4-13)16(19)10-14-5-8-17(20)18(21)11-14/h3-8,11-12,16H,9-10H2,1-2H3. The van der Waals surface area contributed by atoms with E-state index in [0.717, 1.165) is 18.1 Å². The van der Waals surface area contributed by atoms with Gasteiger partial charge < -0.3 is 0 Å². The van der Waals surface area contributed by atoms with Gasteiger partial charge in [0.25, 0.3) is 0 Å². The van der Waals surface area contributed by atoms with Crippen LogP contribution in [0.1, 0.15) is 35.9 Å². The monoisotopic (exact) mass is 308 g/mol. The lowest BCUT2D eigenvalue weighted by molar-refractivity contribution is 0.507. The van der Waals surface area contributed by atoms with Crippen LogP contribution in [0.4, 0.5) is 8.78 Å². The van der Waals surface area contributed by atoms with Crippen molar-refractivity contribution in [2.24, 2.45) is 5.92 Å². The molecule has 0 aliphatic rings. The molecule has 0 aliphatic heterocycles. The molecule has 0 amide bonds. The molecule has 0 saturated heterocycles. The lowest BCUT2D eigenvalue weighted by Gasteiger charge is -2.12. The van der Waals surface area contributed by atoms with E-state index in [1.165, 1.54) is 11.6 Å². The summed E-state index contributed by atoms with van der Waals surface area (Å²) < 4.78 is 26.1. The maximum Gasteiger partial charge on any atom is 0.159 e. The average Bonchev–Trinajstić information content (AvgIpc) is 2.43. The van der Waals surface area contributed by atoms with Crippen LogP contribution in [0.3, 0.4) is 0 Å². The molecule has 0 saturated carbocycles. The van der Waals surface area contributed by atoms with Gasteiger partial charge in [-0.15, -0.1) is 11.6 Å². The summed E-state index contributed by atoms with van der Waals surface area (Å²) >= 11 is 6.37. The Morgan fingerprint density at radius 1 is 0.857 bits per heavy atom. The maximum atomic E-state index is 13.2. The van der Waals surface area contributed by atoms with Gasteiger partial charge in [0.2, 0.25) is 0 Å². The molecule has 1 unspecified atom stereocenters. The molecule has 0 fully saturated rings. The molecule has 3 heteroatoms. The molecule has 1 atom stereocenters. The van der Waals surface area contributed by atoms with Crippen molar-refractivity contribution in [2.75, 3.05) is 0 Å². The zero-order valence-corrected chi connectivity index (χ0v) is 13.0. The van der Waals surface area contributed by atoms with Crippen LogP contribution in [0.2, 0.25) is 0 Å². The zero-order valence-electron chi connectivity index (χ0n) is 12.2. The van der Waals surface area contributed by atoms with E-state index in [1.807, 2.05) is 12.1 Å². The van der Waals surface area contributed by atoms with E-state index in [1.54, 1.807) is 6.07 Å². The molecule has 0 N–H and O–H groups in total. The van der Waals surface area contributed by atoms with Crippen molar-refractivity contribution in [2.45, 2.75) is 32.1 Å². The Labute approximate surface area is 129 Å². The van der Waals surface area contributed by atoms with Crippen molar-refractivity contribution < 1.29 is 8.78 Å². The van der Waals surface area contributed by atoms with Gasteiger partial charge in [-0.05, 0) is 47.6 Å². The first-order valence-corrected chi connectivity index (χ1v) is 7.56. The van der Waals surface area contributed by atoms with Gasteiger partial charge in [0.05, 0.1) is 5.38 Å². The number of hydrogen-bond acceptors (Lipinski definition) is 0. The summed E-state index contributed by atoms with van der Waals surface area (Å²) in [5, 5.41) is -0.247. The third-order valence-corrected chi connectivity index (χ3v) is 3.79. The highest BCUT2D eigenvalue weighted by molar-refractivity contribution is 6.20. The molecule has 0 bridgehead atoms. The smallest absolute Gasteiger partial charge is 0.159 e. The molecular formula is C18H19ClF2. The van der Waals surface area contributed by atoms with Gasteiger partial charge in [0.15, 0.2) is 11.6 Å².